The average Bonchev–Trinajstić information content (AvgIpc) is 2.94. The zero-order chi connectivity index (χ0) is 27.9. The number of aliphatic hydroxyl groups excluding tert-OH is 2. The summed E-state index contributed by atoms with van der Waals surface area (Å²) in [6.45, 7) is 7.13. The molecule has 0 saturated heterocycles. The fourth-order valence-corrected chi connectivity index (χ4v) is 4.69. The van der Waals surface area contributed by atoms with Gasteiger partial charge in [0.1, 0.15) is 17.8 Å². The highest BCUT2D eigenvalue weighted by molar-refractivity contribution is 5.97. The van der Waals surface area contributed by atoms with Crippen molar-refractivity contribution in [3.8, 4) is 28.8 Å². The molecule has 7 nitrogen and oxygen atoms in total. The second-order valence-corrected chi connectivity index (χ2v) is 10.4. The standard InChI is InChI=1S/C32H37N3O4/c1-22-18-35(23(2)21-36)32(38)29-16-26(11-10-24(3)37)17-33-31(29)39-30(22)20-34(4)19-25-12-14-28(15-13-25)27-8-6-5-7-9-27/h5-9,12-17,22-24,30,36-37H,18-21H2,1-4H3/t22-,23-,24-,30+/m0/s1. The largest absolute Gasteiger partial charge is 0.472 e. The molecule has 0 radical (unpaired) electrons. The van der Waals surface area contributed by atoms with Gasteiger partial charge >= 0.3 is 0 Å². The van der Waals surface area contributed by atoms with Crippen LogP contribution in [0.1, 0.15) is 42.3 Å². The van der Waals surface area contributed by atoms with E-state index in [4.69, 9.17) is 4.74 Å². The van der Waals surface area contributed by atoms with E-state index in [1.54, 1.807) is 24.1 Å². The lowest BCUT2D eigenvalue weighted by molar-refractivity contribution is 0.0325. The predicted octanol–water partition coefficient (Wildman–Crippen LogP) is 3.83. The Kier molecular flexibility index (Phi) is 9.36. The van der Waals surface area contributed by atoms with E-state index in [2.05, 4.69) is 72.1 Å². The van der Waals surface area contributed by atoms with Crippen molar-refractivity contribution in [3.63, 3.8) is 0 Å². The molecular weight excluding hydrogens is 490 g/mol. The van der Waals surface area contributed by atoms with Gasteiger partial charge in [-0.3, -0.25) is 9.69 Å². The number of pyridine rings is 1. The van der Waals surface area contributed by atoms with Crippen LogP contribution in [0.4, 0.5) is 0 Å². The third kappa shape index (κ3) is 7.24. The first-order valence-electron chi connectivity index (χ1n) is 13.4. The van der Waals surface area contributed by atoms with Crippen molar-refractivity contribution in [1.29, 1.82) is 0 Å². The molecule has 0 saturated carbocycles. The van der Waals surface area contributed by atoms with Crippen molar-refractivity contribution >= 4 is 5.91 Å². The molecule has 7 heteroatoms. The SMILES string of the molecule is C[C@H](O)C#Cc1cnc2c(c1)C(=O)N([C@@H](C)CO)C[C@H](C)[C@@H](CN(C)Cc1ccc(-c3ccccc3)cc1)O2. The molecule has 0 bridgehead atoms. The van der Waals surface area contributed by atoms with Crippen LogP contribution < -0.4 is 4.74 Å². The van der Waals surface area contributed by atoms with Crippen LogP contribution >= 0.6 is 0 Å². The summed E-state index contributed by atoms with van der Waals surface area (Å²) in [5.74, 6) is 5.55. The van der Waals surface area contributed by atoms with E-state index in [1.165, 1.54) is 16.7 Å². The molecule has 4 atom stereocenters. The Labute approximate surface area is 231 Å². The zero-order valence-corrected chi connectivity index (χ0v) is 23.0. The van der Waals surface area contributed by atoms with Crippen LogP contribution in [0.15, 0.2) is 66.9 Å². The number of aromatic nitrogens is 1. The highest BCUT2D eigenvalue weighted by Crippen LogP contribution is 2.28. The molecule has 1 aliphatic rings. The number of benzene rings is 2. The van der Waals surface area contributed by atoms with Gasteiger partial charge < -0.3 is 19.8 Å². The number of carbonyl (C=O) groups is 1. The number of amides is 1. The Morgan fingerprint density at radius 1 is 1.13 bits per heavy atom. The van der Waals surface area contributed by atoms with Gasteiger partial charge in [0.05, 0.1) is 12.6 Å². The summed E-state index contributed by atoms with van der Waals surface area (Å²) in [5.41, 5.74) is 4.40. The predicted molar refractivity (Wildman–Crippen MR) is 152 cm³/mol. The minimum Gasteiger partial charge on any atom is -0.472 e. The molecule has 1 aromatic heterocycles. The molecule has 2 aromatic carbocycles. The lowest BCUT2D eigenvalue weighted by atomic mass is 9.99. The molecular formula is C32H37N3O4. The quantitative estimate of drug-likeness (QED) is 0.454. The molecule has 0 unspecified atom stereocenters. The minimum atomic E-state index is -0.791. The van der Waals surface area contributed by atoms with E-state index >= 15 is 0 Å². The Morgan fingerprint density at radius 3 is 2.49 bits per heavy atom. The van der Waals surface area contributed by atoms with Gasteiger partial charge in [0.15, 0.2) is 0 Å². The summed E-state index contributed by atoms with van der Waals surface area (Å²) in [6, 6.07) is 20.2. The molecule has 1 aliphatic heterocycles. The molecule has 2 heterocycles. The molecule has 1 amide bonds. The summed E-state index contributed by atoms with van der Waals surface area (Å²) in [7, 11) is 2.06. The van der Waals surface area contributed by atoms with Crippen LogP contribution in [0, 0.1) is 17.8 Å². The molecule has 0 spiro atoms. The van der Waals surface area contributed by atoms with Gasteiger partial charge in [-0.15, -0.1) is 0 Å². The molecule has 3 aromatic rings. The Hall–Kier alpha value is -3.70. The van der Waals surface area contributed by atoms with E-state index in [0.717, 1.165) is 6.54 Å². The van der Waals surface area contributed by atoms with Crippen LogP contribution in [-0.2, 0) is 6.54 Å². The molecule has 0 fully saturated rings. The van der Waals surface area contributed by atoms with Gasteiger partial charge in [0.2, 0.25) is 5.88 Å². The fraction of sp³-hybridized carbons (Fsp3) is 0.375. The van der Waals surface area contributed by atoms with E-state index < -0.39 is 6.10 Å². The molecule has 204 valence electrons. The summed E-state index contributed by atoms with van der Waals surface area (Å²) >= 11 is 0. The third-order valence-electron chi connectivity index (χ3n) is 6.95. The zero-order valence-electron chi connectivity index (χ0n) is 23.0. The van der Waals surface area contributed by atoms with Gasteiger partial charge in [0.25, 0.3) is 5.91 Å². The van der Waals surface area contributed by atoms with E-state index in [-0.39, 0.29) is 36.5 Å². The topological polar surface area (TPSA) is 86.1 Å². The molecule has 2 N–H and O–H groups in total. The number of hydrogen-bond donors (Lipinski definition) is 2. The summed E-state index contributed by atoms with van der Waals surface area (Å²) in [5, 5.41) is 19.4. The average molecular weight is 528 g/mol. The molecule has 0 aliphatic carbocycles. The third-order valence-corrected chi connectivity index (χ3v) is 6.95. The smallest absolute Gasteiger partial charge is 0.259 e. The van der Waals surface area contributed by atoms with Crippen LogP contribution in [0.2, 0.25) is 0 Å². The van der Waals surface area contributed by atoms with E-state index in [1.807, 2.05) is 25.1 Å². The molecule has 39 heavy (non-hydrogen) atoms. The number of ether oxygens (including phenoxy) is 1. The highest BCUT2D eigenvalue weighted by Gasteiger charge is 2.34. The first-order chi connectivity index (χ1) is 18.7. The highest BCUT2D eigenvalue weighted by atomic mass is 16.5. The second-order valence-electron chi connectivity index (χ2n) is 10.4. The Balaban J connectivity index is 1.54. The van der Waals surface area contributed by atoms with Gasteiger partial charge in [-0.25, -0.2) is 4.98 Å². The lowest BCUT2D eigenvalue weighted by Crippen LogP contribution is -2.49. The van der Waals surface area contributed by atoms with E-state index in [9.17, 15) is 15.0 Å². The van der Waals surface area contributed by atoms with Crippen molar-refractivity contribution in [2.45, 2.75) is 45.6 Å². The number of nitrogens with zero attached hydrogens (tertiary/aromatic N) is 3. The van der Waals surface area contributed by atoms with Crippen molar-refractivity contribution in [2.24, 2.45) is 5.92 Å². The Morgan fingerprint density at radius 2 is 1.82 bits per heavy atom. The maximum absolute atomic E-state index is 13.5. The normalized spacial score (nSPS) is 18.7. The number of hydrogen-bond acceptors (Lipinski definition) is 6. The number of carbonyl (C=O) groups excluding carboxylic acids is 1. The summed E-state index contributed by atoms with van der Waals surface area (Å²) < 4.78 is 6.39. The maximum atomic E-state index is 13.5. The minimum absolute atomic E-state index is 0.00415. The van der Waals surface area contributed by atoms with E-state index in [0.29, 0.717) is 24.2 Å². The number of rotatable bonds is 7. The summed E-state index contributed by atoms with van der Waals surface area (Å²) in [4.78, 5) is 21.9. The molecule has 4 rings (SSSR count). The number of aliphatic hydroxyl groups is 2. The van der Waals surface area contributed by atoms with Gasteiger partial charge in [-0.1, -0.05) is 73.4 Å². The van der Waals surface area contributed by atoms with Crippen molar-refractivity contribution < 1.29 is 19.7 Å². The van der Waals surface area contributed by atoms with Gasteiger partial charge in [-0.2, -0.15) is 0 Å². The maximum Gasteiger partial charge on any atom is 0.259 e. The number of likely N-dealkylation sites (N-methyl/N-ethyl adjacent to an activating group) is 1. The summed E-state index contributed by atoms with van der Waals surface area (Å²) in [6.07, 6.45) is 0.531. The van der Waals surface area contributed by atoms with Gasteiger partial charge in [0, 0.05) is 37.3 Å². The van der Waals surface area contributed by atoms with Crippen LogP contribution in [0.3, 0.4) is 0 Å². The second kappa shape index (κ2) is 12.9. The Bertz CT molecular complexity index is 1310. The van der Waals surface area contributed by atoms with Crippen molar-refractivity contribution in [1.82, 2.24) is 14.8 Å². The lowest BCUT2D eigenvalue weighted by Gasteiger charge is -2.37. The van der Waals surface area contributed by atoms with Gasteiger partial charge in [-0.05, 0) is 43.7 Å². The van der Waals surface area contributed by atoms with Crippen molar-refractivity contribution in [3.05, 3.63) is 83.6 Å². The van der Waals surface area contributed by atoms with Crippen molar-refractivity contribution in [2.75, 3.05) is 26.7 Å². The fourth-order valence-electron chi connectivity index (χ4n) is 4.69. The number of fused-ring (bicyclic) bond motifs is 1. The first-order valence-corrected chi connectivity index (χ1v) is 13.4. The monoisotopic (exact) mass is 527 g/mol. The van der Waals surface area contributed by atoms with Crippen LogP contribution in [0.5, 0.6) is 5.88 Å². The van der Waals surface area contributed by atoms with Crippen LogP contribution in [0.25, 0.3) is 11.1 Å². The first kappa shape index (κ1) is 28.3. The van der Waals surface area contributed by atoms with Crippen LogP contribution in [-0.4, -0.2) is 75.9 Å².